The molecule has 1 fully saturated rings. The molecule has 13 heavy (non-hydrogen) atoms. The number of hydrogen-bond acceptors (Lipinski definition) is 2. The molecule has 1 aromatic rings. The molecule has 0 heterocycles. The van der Waals surface area contributed by atoms with E-state index in [1.807, 2.05) is 19.2 Å². The molecule has 0 aliphatic heterocycles. The van der Waals surface area contributed by atoms with Crippen molar-refractivity contribution in [2.45, 2.75) is 18.8 Å². The zero-order valence-corrected chi connectivity index (χ0v) is 7.67. The summed E-state index contributed by atoms with van der Waals surface area (Å²) in [6.07, 6.45) is 2.48. The Morgan fingerprint density at radius 2 is 2.23 bits per heavy atom. The second-order valence-corrected chi connectivity index (χ2v) is 3.44. The van der Waals surface area contributed by atoms with Crippen molar-refractivity contribution in [3.63, 3.8) is 0 Å². The van der Waals surface area contributed by atoms with Crippen molar-refractivity contribution >= 4 is 5.69 Å². The SMILES string of the molecule is CNc1ccc(C#N)c(C2CC2)c1. The number of benzene rings is 1. The third-order valence-electron chi connectivity index (χ3n) is 2.48. The predicted octanol–water partition coefficient (Wildman–Crippen LogP) is 2.48. The van der Waals surface area contributed by atoms with E-state index in [4.69, 9.17) is 5.26 Å². The summed E-state index contributed by atoms with van der Waals surface area (Å²) in [5.74, 6) is 0.642. The fourth-order valence-corrected chi connectivity index (χ4v) is 1.55. The molecule has 0 saturated heterocycles. The highest BCUT2D eigenvalue weighted by Gasteiger charge is 2.26. The first-order valence-corrected chi connectivity index (χ1v) is 4.57. The Morgan fingerprint density at radius 1 is 1.46 bits per heavy atom. The largest absolute Gasteiger partial charge is 0.388 e. The zero-order valence-electron chi connectivity index (χ0n) is 7.67. The fraction of sp³-hybridized carbons (Fsp3) is 0.364. The van der Waals surface area contributed by atoms with Gasteiger partial charge >= 0.3 is 0 Å². The van der Waals surface area contributed by atoms with E-state index in [1.54, 1.807) is 0 Å². The number of nitrogens with one attached hydrogen (secondary N) is 1. The van der Waals surface area contributed by atoms with Crippen LogP contribution in [0.5, 0.6) is 0 Å². The van der Waals surface area contributed by atoms with Crippen LogP contribution in [-0.4, -0.2) is 7.05 Å². The van der Waals surface area contributed by atoms with Crippen molar-refractivity contribution in [1.82, 2.24) is 0 Å². The van der Waals surface area contributed by atoms with E-state index in [-0.39, 0.29) is 0 Å². The molecule has 0 unspecified atom stereocenters. The van der Waals surface area contributed by atoms with Gasteiger partial charge in [-0.25, -0.2) is 0 Å². The molecule has 66 valence electrons. The third kappa shape index (κ3) is 1.50. The Kier molecular flexibility index (Phi) is 1.94. The van der Waals surface area contributed by atoms with E-state index in [9.17, 15) is 0 Å². The maximum absolute atomic E-state index is 8.89. The van der Waals surface area contributed by atoms with Crippen LogP contribution in [0.4, 0.5) is 5.69 Å². The van der Waals surface area contributed by atoms with Gasteiger partial charge in [0.25, 0.3) is 0 Å². The monoisotopic (exact) mass is 172 g/mol. The fourth-order valence-electron chi connectivity index (χ4n) is 1.55. The average molecular weight is 172 g/mol. The second-order valence-electron chi connectivity index (χ2n) is 3.44. The van der Waals surface area contributed by atoms with Crippen LogP contribution in [0.15, 0.2) is 18.2 Å². The summed E-state index contributed by atoms with van der Waals surface area (Å²) in [6, 6.07) is 8.19. The number of hydrogen-bond donors (Lipinski definition) is 1. The van der Waals surface area contributed by atoms with Gasteiger partial charge in [-0.1, -0.05) is 0 Å². The molecule has 1 aromatic carbocycles. The van der Waals surface area contributed by atoms with Gasteiger partial charge in [0.1, 0.15) is 0 Å². The van der Waals surface area contributed by atoms with Crippen molar-refractivity contribution in [3.05, 3.63) is 29.3 Å². The van der Waals surface area contributed by atoms with Crippen molar-refractivity contribution < 1.29 is 0 Å². The van der Waals surface area contributed by atoms with Gasteiger partial charge in [-0.2, -0.15) is 5.26 Å². The summed E-state index contributed by atoms with van der Waals surface area (Å²) >= 11 is 0. The number of nitrogens with zero attached hydrogens (tertiary/aromatic N) is 1. The van der Waals surface area contributed by atoms with Crippen LogP contribution in [0, 0.1) is 11.3 Å². The lowest BCUT2D eigenvalue weighted by molar-refractivity contribution is 1.12. The molecule has 0 radical (unpaired) electrons. The standard InChI is InChI=1S/C11H12N2/c1-13-10-5-4-9(7-12)11(6-10)8-2-3-8/h4-6,8,13H,2-3H2,1H3. The molecule has 2 rings (SSSR count). The zero-order chi connectivity index (χ0) is 9.26. The Balaban J connectivity index is 2.42. The summed E-state index contributed by atoms with van der Waals surface area (Å²) in [4.78, 5) is 0. The topological polar surface area (TPSA) is 35.8 Å². The molecule has 1 saturated carbocycles. The van der Waals surface area contributed by atoms with Crippen molar-refractivity contribution in [2.75, 3.05) is 12.4 Å². The molecule has 1 aliphatic rings. The van der Waals surface area contributed by atoms with Gasteiger partial charge in [-0.05, 0) is 42.5 Å². The Bertz CT molecular complexity index is 359. The first-order chi connectivity index (χ1) is 6.35. The summed E-state index contributed by atoms with van der Waals surface area (Å²) in [6.45, 7) is 0. The van der Waals surface area contributed by atoms with Gasteiger partial charge in [0.15, 0.2) is 0 Å². The van der Waals surface area contributed by atoms with Crippen LogP contribution in [0.1, 0.15) is 29.9 Å². The summed E-state index contributed by atoms with van der Waals surface area (Å²) in [5, 5.41) is 12.0. The molecule has 2 heteroatoms. The van der Waals surface area contributed by atoms with E-state index >= 15 is 0 Å². The summed E-state index contributed by atoms with van der Waals surface area (Å²) in [5.41, 5.74) is 3.15. The highest BCUT2D eigenvalue weighted by atomic mass is 14.8. The van der Waals surface area contributed by atoms with E-state index in [0.29, 0.717) is 5.92 Å². The predicted molar refractivity (Wildman–Crippen MR) is 52.7 cm³/mol. The number of anilines is 1. The second kappa shape index (κ2) is 3.10. The maximum Gasteiger partial charge on any atom is 0.0994 e. The summed E-state index contributed by atoms with van der Waals surface area (Å²) in [7, 11) is 1.90. The van der Waals surface area contributed by atoms with Crippen LogP contribution in [-0.2, 0) is 0 Å². The van der Waals surface area contributed by atoms with Crippen LogP contribution in [0.2, 0.25) is 0 Å². The lowest BCUT2D eigenvalue weighted by Gasteiger charge is -2.05. The molecule has 0 bridgehead atoms. The Hall–Kier alpha value is -1.49. The molecular weight excluding hydrogens is 160 g/mol. The minimum absolute atomic E-state index is 0.642. The molecule has 0 spiro atoms. The third-order valence-corrected chi connectivity index (χ3v) is 2.48. The van der Waals surface area contributed by atoms with E-state index < -0.39 is 0 Å². The maximum atomic E-state index is 8.89. The number of nitriles is 1. The number of rotatable bonds is 2. The van der Waals surface area contributed by atoms with Crippen LogP contribution >= 0.6 is 0 Å². The highest BCUT2D eigenvalue weighted by Crippen LogP contribution is 2.42. The summed E-state index contributed by atoms with van der Waals surface area (Å²) < 4.78 is 0. The van der Waals surface area contributed by atoms with E-state index in [0.717, 1.165) is 11.3 Å². The normalized spacial score (nSPS) is 15.1. The highest BCUT2D eigenvalue weighted by molar-refractivity contribution is 5.53. The molecule has 1 N–H and O–H groups in total. The molecule has 1 aliphatic carbocycles. The van der Waals surface area contributed by atoms with Gasteiger partial charge in [-0.15, -0.1) is 0 Å². The van der Waals surface area contributed by atoms with Crippen LogP contribution < -0.4 is 5.32 Å². The van der Waals surface area contributed by atoms with Gasteiger partial charge in [-0.3, -0.25) is 0 Å². The molecule has 2 nitrogen and oxygen atoms in total. The molecular formula is C11H12N2. The minimum atomic E-state index is 0.642. The van der Waals surface area contributed by atoms with Gasteiger partial charge in [0.05, 0.1) is 11.6 Å². The molecule has 0 aromatic heterocycles. The van der Waals surface area contributed by atoms with Crippen molar-refractivity contribution in [1.29, 1.82) is 5.26 Å². The van der Waals surface area contributed by atoms with Gasteiger partial charge in [0, 0.05) is 12.7 Å². The van der Waals surface area contributed by atoms with Crippen LogP contribution in [0.3, 0.4) is 0 Å². The van der Waals surface area contributed by atoms with E-state index in [2.05, 4.69) is 17.5 Å². The van der Waals surface area contributed by atoms with E-state index in [1.165, 1.54) is 18.4 Å². The lowest BCUT2D eigenvalue weighted by atomic mass is 10.0. The molecule has 0 atom stereocenters. The quantitative estimate of drug-likeness (QED) is 0.743. The first kappa shape index (κ1) is 8.12. The average Bonchev–Trinajstić information content (AvgIpc) is 3.00. The van der Waals surface area contributed by atoms with Crippen molar-refractivity contribution in [2.24, 2.45) is 0 Å². The Morgan fingerprint density at radius 3 is 2.77 bits per heavy atom. The Labute approximate surface area is 78.2 Å². The first-order valence-electron chi connectivity index (χ1n) is 4.57. The lowest BCUT2D eigenvalue weighted by Crippen LogP contribution is -1.92. The molecule has 0 amide bonds. The van der Waals surface area contributed by atoms with Crippen LogP contribution in [0.25, 0.3) is 0 Å². The van der Waals surface area contributed by atoms with Gasteiger partial charge in [0.2, 0.25) is 0 Å². The minimum Gasteiger partial charge on any atom is -0.388 e. The van der Waals surface area contributed by atoms with Crippen molar-refractivity contribution in [3.8, 4) is 6.07 Å². The smallest absolute Gasteiger partial charge is 0.0994 e. The van der Waals surface area contributed by atoms with Gasteiger partial charge < -0.3 is 5.32 Å².